The highest BCUT2D eigenvalue weighted by Gasteiger charge is 2.29. The molecule has 146 valence electrons. The minimum atomic E-state index is -0.265. The zero-order chi connectivity index (χ0) is 19.2. The Morgan fingerprint density at radius 1 is 0.786 bits per heavy atom. The van der Waals surface area contributed by atoms with Crippen molar-refractivity contribution in [2.75, 3.05) is 0 Å². The molecule has 2 atom stereocenters. The van der Waals surface area contributed by atoms with Gasteiger partial charge in [-0.05, 0) is 55.0 Å². The molecule has 0 aliphatic heterocycles. The number of esters is 1. The normalized spacial score (nSPS) is 23.1. The van der Waals surface area contributed by atoms with Gasteiger partial charge < -0.3 is 9.47 Å². The van der Waals surface area contributed by atoms with E-state index in [-0.39, 0.29) is 18.2 Å². The standard InChI is InChI=1S/C25H28O3/c26-25(20-12-6-2-7-13-20)28-24-17-16-22(27-21-14-8-3-9-15-21)18-23(24)19-10-4-1-5-11-19/h1-2,4-7,10-13,18,21-22,24H,3,8-9,14-17H2/t22-,24-/m1/s1. The number of hydrogen-bond donors (Lipinski definition) is 0. The van der Waals surface area contributed by atoms with Crippen molar-refractivity contribution < 1.29 is 14.3 Å². The van der Waals surface area contributed by atoms with Crippen LogP contribution in [0.1, 0.15) is 60.9 Å². The van der Waals surface area contributed by atoms with Crippen LogP contribution < -0.4 is 0 Å². The fourth-order valence-electron chi connectivity index (χ4n) is 4.22. The Labute approximate surface area is 167 Å². The van der Waals surface area contributed by atoms with Crippen molar-refractivity contribution in [3.63, 3.8) is 0 Å². The molecular weight excluding hydrogens is 348 g/mol. The second-order valence-electron chi connectivity index (χ2n) is 7.76. The molecule has 0 bridgehead atoms. The van der Waals surface area contributed by atoms with Gasteiger partial charge in [0, 0.05) is 0 Å². The van der Waals surface area contributed by atoms with Crippen molar-refractivity contribution in [3.8, 4) is 0 Å². The van der Waals surface area contributed by atoms with Gasteiger partial charge in [0.15, 0.2) is 0 Å². The Morgan fingerprint density at radius 3 is 2.18 bits per heavy atom. The fourth-order valence-corrected chi connectivity index (χ4v) is 4.22. The van der Waals surface area contributed by atoms with E-state index < -0.39 is 0 Å². The van der Waals surface area contributed by atoms with Crippen molar-refractivity contribution in [2.24, 2.45) is 0 Å². The smallest absolute Gasteiger partial charge is 0.338 e. The molecule has 0 heterocycles. The molecule has 2 aliphatic carbocycles. The summed E-state index contributed by atoms with van der Waals surface area (Å²) in [5.41, 5.74) is 2.76. The summed E-state index contributed by atoms with van der Waals surface area (Å²) in [6.07, 6.45) is 10.3. The highest BCUT2D eigenvalue weighted by atomic mass is 16.5. The lowest BCUT2D eigenvalue weighted by Crippen LogP contribution is -2.30. The van der Waals surface area contributed by atoms with Gasteiger partial charge >= 0.3 is 5.97 Å². The van der Waals surface area contributed by atoms with E-state index in [1.54, 1.807) is 12.1 Å². The van der Waals surface area contributed by atoms with E-state index in [0.717, 1.165) is 36.8 Å². The summed E-state index contributed by atoms with van der Waals surface area (Å²) in [4.78, 5) is 12.6. The predicted molar refractivity (Wildman–Crippen MR) is 111 cm³/mol. The Bertz CT molecular complexity index is 791. The maximum atomic E-state index is 12.6. The van der Waals surface area contributed by atoms with Crippen molar-refractivity contribution >= 4 is 11.5 Å². The number of hydrogen-bond acceptors (Lipinski definition) is 3. The second kappa shape index (κ2) is 9.20. The van der Waals surface area contributed by atoms with Gasteiger partial charge in [-0.1, -0.05) is 67.8 Å². The van der Waals surface area contributed by atoms with E-state index in [4.69, 9.17) is 9.47 Å². The SMILES string of the molecule is O=C(O[C@@H]1CC[C@@H](OC2CCCCC2)C=C1c1ccccc1)c1ccccc1. The molecule has 0 saturated heterocycles. The van der Waals surface area contributed by atoms with Gasteiger partial charge in [0.1, 0.15) is 6.10 Å². The molecule has 0 amide bonds. The third-order valence-electron chi connectivity index (χ3n) is 5.71. The summed E-state index contributed by atoms with van der Waals surface area (Å²) in [6.45, 7) is 0. The lowest BCUT2D eigenvalue weighted by molar-refractivity contribution is -0.0200. The molecule has 0 N–H and O–H groups in total. The number of carbonyl (C=O) groups is 1. The Balaban J connectivity index is 1.52. The fraction of sp³-hybridized carbons (Fsp3) is 0.400. The van der Waals surface area contributed by atoms with Gasteiger partial charge in [-0.25, -0.2) is 4.79 Å². The molecule has 0 radical (unpaired) electrons. The highest BCUT2D eigenvalue weighted by Crippen LogP contribution is 2.33. The van der Waals surface area contributed by atoms with Crippen LogP contribution in [0.4, 0.5) is 0 Å². The van der Waals surface area contributed by atoms with E-state index >= 15 is 0 Å². The maximum Gasteiger partial charge on any atom is 0.338 e. The zero-order valence-electron chi connectivity index (χ0n) is 16.3. The largest absolute Gasteiger partial charge is 0.454 e. The molecule has 0 spiro atoms. The van der Waals surface area contributed by atoms with Crippen LogP contribution in [-0.2, 0) is 9.47 Å². The van der Waals surface area contributed by atoms with Crippen LogP contribution in [-0.4, -0.2) is 24.3 Å². The van der Waals surface area contributed by atoms with Gasteiger partial charge in [0.05, 0.1) is 17.8 Å². The van der Waals surface area contributed by atoms with Crippen molar-refractivity contribution in [3.05, 3.63) is 77.9 Å². The predicted octanol–water partition coefficient (Wildman–Crippen LogP) is 5.81. The van der Waals surface area contributed by atoms with Gasteiger partial charge in [-0.2, -0.15) is 0 Å². The summed E-state index contributed by atoms with van der Waals surface area (Å²) >= 11 is 0. The van der Waals surface area contributed by atoms with E-state index in [0.29, 0.717) is 11.7 Å². The minimum Gasteiger partial charge on any atom is -0.454 e. The molecule has 2 aromatic carbocycles. The van der Waals surface area contributed by atoms with Crippen LogP contribution in [0, 0.1) is 0 Å². The Morgan fingerprint density at radius 2 is 1.46 bits per heavy atom. The van der Waals surface area contributed by atoms with E-state index in [1.165, 1.54) is 19.3 Å². The summed E-state index contributed by atoms with van der Waals surface area (Å²) in [5.74, 6) is -0.265. The molecule has 1 saturated carbocycles. The van der Waals surface area contributed by atoms with E-state index in [9.17, 15) is 4.79 Å². The number of carbonyl (C=O) groups excluding carboxylic acids is 1. The Hall–Kier alpha value is -2.39. The molecule has 28 heavy (non-hydrogen) atoms. The minimum absolute atomic E-state index is 0.102. The molecule has 1 fully saturated rings. The molecule has 2 aromatic rings. The summed E-state index contributed by atoms with van der Waals surface area (Å²) in [5, 5.41) is 0. The average Bonchev–Trinajstić information content (AvgIpc) is 2.77. The monoisotopic (exact) mass is 376 g/mol. The van der Waals surface area contributed by atoms with E-state index in [1.807, 2.05) is 36.4 Å². The van der Waals surface area contributed by atoms with Crippen LogP contribution in [0.15, 0.2) is 66.7 Å². The van der Waals surface area contributed by atoms with Crippen molar-refractivity contribution in [2.45, 2.75) is 63.3 Å². The third-order valence-corrected chi connectivity index (χ3v) is 5.71. The van der Waals surface area contributed by atoms with Gasteiger partial charge in [0.2, 0.25) is 0 Å². The third kappa shape index (κ3) is 4.71. The number of benzene rings is 2. The first kappa shape index (κ1) is 18.9. The molecule has 0 unspecified atom stereocenters. The first-order chi connectivity index (χ1) is 13.8. The number of rotatable bonds is 5. The molecule has 3 heteroatoms. The second-order valence-corrected chi connectivity index (χ2v) is 7.76. The van der Waals surface area contributed by atoms with Crippen LogP contribution >= 0.6 is 0 Å². The average molecular weight is 376 g/mol. The van der Waals surface area contributed by atoms with Gasteiger partial charge in [-0.3, -0.25) is 0 Å². The molecule has 3 nitrogen and oxygen atoms in total. The van der Waals surface area contributed by atoms with Gasteiger partial charge in [-0.15, -0.1) is 0 Å². The van der Waals surface area contributed by atoms with Crippen LogP contribution in [0.2, 0.25) is 0 Å². The first-order valence-electron chi connectivity index (χ1n) is 10.5. The lowest BCUT2D eigenvalue weighted by Gasteiger charge is -2.32. The van der Waals surface area contributed by atoms with Crippen LogP contribution in [0.5, 0.6) is 0 Å². The zero-order valence-corrected chi connectivity index (χ0v) is 16.3. The van der Waals surface area contributed by atoms with Crippen LogP contribution in [0.3, 0.4) is 0 Å². The lowest BCUT2D eigenvalue weighted by atomic mass is 9.89. The summed E-state index contributed by atoms with van der Waals surface area (Å²) in [6, 6.07) is 19.4. The molecule has 2 aliphatic rings. The van der Waals surface area contributed by atoms with Gasteiger partial charge in [0.25, 0.3) is 0 Å². The Kier molecular flexibility index (Phi) is 6.23. The quantitative estimate of drug-likeness (QED) is 0.618. The summed E-state index contributed by atoms with van der Waals surface area (Å²) < 4.78 is 12.3. The van der Waals surface area contributed by atoms with E-state index in [2.05, 4.69) is 18.2 Å². The van der Waals surface area contributed by atoms with Crippen molar-refractivity contribution in [1.82, 2.24) is 0 Å². The molecule has 4 rings (SSSR count). The molecule has 0 aromatic heterocycles. The maximum absolute atomic E-state index is 12.6. The first-order valence-corrected chi connectivity index (χ1v) is 10.5. The highest BCUT2D eigenvalue weighted by molar-refractivity contribution is 5.90. The molecular formula is C25H28O3. The number of ether oxygens (including phenoxy) is 2. The van der Waals surface area contributed by atoms with Crippen LogP contribution in [0.25, 0.3) is 5.57 Å². The summed E-state index contributed by atoms with van der Waals surface area (Å²) in [7, 11) is 0. The topological polar surface area (TPSA) is 35.5 Å². The van der Waals surface area contributed by atoms with Crippen molar-refractivity contribution in [1.29, 1.82) is 0 Å².